The van der Waals surface area contributed by atoms with Gasteiger partial charge in [-0.2, -0.15) is 0 Å². The van der Waals surface area contributed by atoms with E-state index in [1.807, 2.05) is 93.6 Å². The maximum atomic E-state index is 13.9. The highest BCUT2D eigenvalue weighted by Crippen LogP contribution is 2.29. The molecular weight excluding hydrogens is 556 g/mol. The molecule has 0 bridgehead atoms. The molecule has 7 heteroatoms. The van der Waals surface area contributed by atoms with Crippen molar-refractivity contribution in [2.24, 2.45) is 0 Å². The number of hydrogen-bond acceptors (Lipinski definition) is 4. The molecule has 3 aromatic carbocycles. The largest absolute Gasteiger partial charge is 0.490 e. The summed E-state index contributed by atoms with van der Waals surface area (Å²) in [7, 11) is 0. The monoisotopic (exact) mass is 594 g/mol. The summed E-state index contributed by atoms with van der Waals surface area (Å²) in [5.74, 6) is 1.17. The van der Waals surface area contributed by atoms with Crippen LogP contribution in [0.4, 0.5) is 0 Å². The van der Waals surface area contributed by atoms with E-state index in [-0.39, 0.29) is 18.2 Å². The molecule has 0 saturated heterocycles. The Bertz CT molecular complexity index is 1180. The summed E-state index contributed by atoms with van der Waals surface area (Å²) in [6.45, 7) is 7.87. The number of aryl methyl sites for hydroxylation is 1. The normalized spacial score (nSPS) is 11.5. The average Bonchev–Trinajstić information content (AvgIpc) is 2.95. The van der Waals surface area contributed by atoms with Gasteiger partial charge in [-0.3, -0.25) is 9.59 Å². The van der Waals surface area contributed by atoms with E-state index in [1.54, 1.807) is 4.90 Å². The van der Waals surface area contributed by atoms with Crippen molar-refractivity contribution in [3.8, 4) is 11.5 Å². The standard InChI is InChI=1S/C32H39BrN2O4/c1-4-20-34-32(37)28(21-24-10-8-7-9-11-24)35(23-26-12-16-27(33)17-13-26)31(36)19-15-25-14-18-29(38-5-2)30(22-25)39-6-3/h7-14,16-18,22,28H,4-6,15,19-21,23H2,1-3H3,(H,34,37)/t28-/m0/s1. The quantitative estimate of drug-likeness (QED) is 0.223. The zero-order chi connectivity index (χ0) is 28.0. The molecule has 1 N–H and O–H groups in total. The first-order chi connectivity index (χ1) is 18.9. The molecule has 0 saturated carbocycles. The van der Waals surface area contributed by atoms with Crippen LogP contribution in [0.15, 0.2) is 77.3 Å². The first kappa shape index (κ1) is 30.2. The van der Waals surface area contributed by atoms with Crippen molar-refractivity contribution < 1.29 is 19.1 Å². The summed E-state index contributed by atoms with van der Waals surface area (Å²) in [6.07, 6.45) is 2.06. The molecule has 3 aromatic rings. The van der Waals surface area contributed by atoms with E-state index in [1.165, 1.54) is 0 Å². The Morgan fingerprint density at radius 2 is 1.51 bits per heavy atom. The maximum Gasteiger partial charge on any atom is 0.243 e. The van der Waals surface area contributed by atoms with Crippen molar-refractivity contribution in [1.29, 1.82) is 0 Å². The lowest BCUT2D eigenvalue weighted by Crippen LogP contribution is -2.50. The molecule has 1 atom stereocenters. The molecule has 0 aliphatic rings. The molecule has 2 amide bonds. The molecule has 39 heavy (non-hydrogen) atoms. The minimum Gasteiger partial charge on any atom is -0.490 e. The maximum absolute atomic E-state index is 13.9. The second kappa shape index (κ2) is 15.9. The molecule has 0 aliphatic carbocycles. The van der Waals surface area contributed by atoms with Gasteiger partial charge in [-0.05, 0) is 67.6 Å². The van der Waals surface area contributed by atoms with Crippen LogP contribution in [0, 0.1) is 0 Å². The number of halogens is 1. The predicted octanol–water partition coefficient (Wildman–Crippen LogP) is 6.35. The number of ether oxygens (including phenoxy) is 2. The second-order valence-corrected chi connectivity index (χ2v) is 10.2. The number of nitrogens with zero attached hydrogens (tertiary/aromatic N) is 1. The summed E-state index contributed by atoms with van der Waals surface area (Å²) in [4.78, 5) is 29.0. The SMILES string of the molecule is CCCNC(=O)[C@H](Cc1ccccc1)N(Cc1ccc(Br)cc1)C(=O)CCc1ccc(OCC)c(OCC)c1. The minimum atomic E-state index is -0.630. The van der Waals surface area contributed by atoms with E-state index in [9.17, 15) is 9.59 Å². The van der Waals surface area contributed by atoms with Gasteiger partial charge < -0.3 is 19.7 Å². The number of amides is 2. The van der Waals surface area contributed by atoms with Crippen LogP contribution in [-0.2, 0) is 29.0 Å². The van der Waals surface area contributed by atoms with Gasteiger partial charge in [-0.1, -0.05) is 71.4 Å². The Hall–Kier alpha value is -3.32. The summed E-state index contributed by atoms with van der Waals surface area (Å²) in [5.41, 5.74) is 2.96. The van der Waals surface area contributed by atoms with Gasteiger partial charge in [0.2, 0.25) is 11.8 Å². The highest BCUT2D eigenvalue weighted by molar-refractivity contribution is 9.10. The molecule has 0 aromatic heterocycles. The number of benzene rings is 3. The molecule has 208 valence electrons. The van der Waals surface area contributed by atoms with E-state index < -0.39 is 6.04 Å². The molecular formula is C32H39BrN2O4. The molecule has 0 radical (unpaired) electrons. The van der Waals surface area contributed by atoms with E-state index in [2.05, 4.69) is 21.2 Å². The molecule has 0 fully saturated rings. The zero-order valence-electron chi connectivity index (χ0n) is 23.1. The Kier molecular flexibility index (Phi) is 12.4. The van der Waals surface area contributed by atoms with Gasteiger partial charge in [0.1, 0.15) is 6.04 Å². The van der Waals surface area contributed by atoms with Gasteiger partial charge in [0.05, 0.1) is 13.2 Å². The number of hydrogen-bond donors (Lipinski definition) is 1. The van der Waals surface area contributed by atoms with Gasteiger partial charge in [-0.15, -0.1) is 0 Å². The van der Waals surface area contributed by atoms with Gasteiger partial charge in [0, 0.05) is 30.4 Å². The zero-order valence-corrected chi connectivity index (χ0v) is 24.7. The van der Waals surface area contributed by atoms with Crippen molar-refractivity contribution in [2.75, 3.05) is 19.8 Å². The molecule has 0 aliphatic heterocycles. The van der Waals surface area contributed by atoms with E-state index in [4.69, 9.17) is 9.47 Å². The molecule has 6 nitrogen and oxygen atoms in total. The van der Waals surface area contributed by atoms with Crippen molar-refractivity contribution in [3.63, 3.8) is 0 Å². The van der Waals surface area contributed by atoms with Gasteiger partial charge in [0.25, 0.3) is 0 Å². The highest BCUT2D eigenvalue weighted by atomic mass is 79.9. The lowest BCUT2D eigenvalue weighted by Gasteiger charge is -2.31. The third kappa shape index (κ3) is 9.43. The number of carbonyl (C=O) groups is 2. The van der Waals surface area contributed by atoms with Gasteiger partial charge in [0.15, 0.2) is 11.5 Å². The van der Waals surface area contributed by atoms with Crippen LogP contribution in [0.2, 0.25) is 0 Å². The smallest absolute Gasteiger partial charge is 0.243 e. The van der Waals surface area contributed by atoms with Crippen LogP contribution in [0.3, 0.4) is 0 Å². The van der Waals surface area contributed by atoms with Crippen LogP contribution >= 0.6 is 15.9 Å². The van der Waals surface area contributed by atoms with Crippen molar-refractivity contribution in [1.82, 2.24) is 10.2 Å². The van der Waals surface area contributed by atoms with Crippen molar-refractivity contribution >= 4 is 27.7 Å². The van der Waals surface area contributed by atoms with Crippen molar-refractivity contribution in [2.45, 2.75) is 59.0 Å². The molecule has 0 unspecified atom stereocenters. The van der Waals surface area contributed by atoms with Crippen LogP contribution in [0.1, 0.15) is 50.3 Å². The number of rotatable bonds is 15. The van der Waals surface area contributed by atoms with E-state index in [0.717, 1.165) is 27.6 Å². The first-order valence-corrected chi connectivity index (χ1v) is 14.5. The Morgan fingerprint density at radius 3 is 2.18 bits per heavy atom. The van der Waals surface area contributed by atoms with Crippen LogP contribution in [-0.4, -0.2) is 42.5 Å². The minimum absolute atomic E-state index is 0.0719. The highest BCUT2D eigenvalue weighted by Gasteiger charge is 2.30. The van der Waals surface area contributed by atoms with Crippen LogP contribution in [0.25, 0.3) is 0 Å². The summed E-state index contributed by atoms with van der Waals surface area (Å²) < 4.78 is 12.4. The Balaban J connectivity index is 1.87. The van der Waals surface area contributed by atoms with E-state index >= 15 is 0 Å². The van der Waals surface area contributed by atoms with Gasteiger partial charge >= 0.3 is 0 Å². The Labute approximate surface area is 240 Å². The molecule has 0 heterocycles. The number of nitrogens with one attached hydrogen (secondary N) is 1. The van der Waals surface area contributed by atoms with E-state index in [0.29, 0.717) is 50.6 Å². The van der Waals surface area contributed by atoms with Crippen LogP contribution < -0.4 is 14.8 Å². The predicted molar refractivity (Wildman–Crippen MR) is 159 cm³/mol. The fourth-order valence-electron chi connectivity index (χ4n) is 4.35. The Morgan fingerprint density at radius 1 is 0.846 bits per heavy atom. The molecule has 0 spiro atoms. The average molecular weight is 596 g/mol. The fraction of sp³-hybridized carbons (Fsp3) is 0.375. The van der Waals surface area contributed by atoms with Crippen molar-refractivity contribution in [3.05, 3.63) is 94.0 Å². The van der Waals surface area contributed by atoms with Crippen LogP contribution in [0.5, 0.6) is 11.5 Å². The number of carbonyl (C=O) groups excluding carboxylic acids is 2. The fourth-order valence-corrected chi connectivity index (χ4v) is 4.62. The topological polar surface area (TPSA) is 67.9 Å². The summed E-state index contributed by atoms with van der Waals surface area (Å²) in [6, 6.07) is 22.9. The third-order valence-corrected chi connectivity index (χ3v) is 6.85. The molecule has 3 rings (SSSR count). The summed E-state index contributed by atoms with van der Waals surface area (Å²) in [5, 5.41) is 3.03. The summed E-state index contributed by atoms with van der Waals surface area (Å²) >= 11 is 3.48. The third-order valence-electron chi connectivity index (χ3n) is 6.32. The van der Waals surface area contributed by atoms with Gasteiger partial charge in [-0.25, -0.2) is 0 Å². The second-order valence-electron chi connectivity index (χ2n) is 9.29. The lowest BCUT2D eigenvalue weighted by atomic mass is 10.0. The lowest BCUT2D eigenvalue weighted by molar-refractivity contribution is -0.141. The first-order valence-electron chi connectivity index (χ1n) is 13.7.